The zero-order chi connectivity index (χ0) is 43.2. The van der Waals surface area contributed by atoms with Gasteiger partial charge in [-0.05, 0) is 132 Å². The molecule has 0 unspecified atom stereocenters. The summed E-state index contributed by atoms with van der Waals surface area (Å²) in [6.45, 7) is 0. The first-order valence-electron chi connectivity index (χ1n) is 17.4. The second-order valence-corrected chi connectivity index (χ2v) is 15.7. The number of nitrogens with zero attached hydrogens (tertiary/aromatic N) is 2. The number of carbonyl (C=O) groups is 2. The first kappa shape index (κ1) is 45.4. The van der Waals surface area contributed by atoms with Gasteiger partial charge < -0.3 is 32.3 Å². The average Bonchev–Trinajstić information content (AvgIpc) is 3.21. The Bertz CT molecular complexity index is 2720. The molecule has 0 heterocycles. The van der Waals surface area contributed by atoms with Crippen LogP contribution in [-0.4, -0.2) is 59.8 Å². The van der Waals surface area contributed by atoms with Gasteiger partial charge in [-0.15, -0.1) is 0 Å². The SMILES string of the molecule is Nc1ccc(C(O)=Nc2ccc(C(=O)Nc3ccc(/C=C/c4ccc(NC(=O)c5ccc(N=C(O)c6ccc(N)cc6)cc5)cc4S(=O)(=O)O)c(S(=O)(=O)O)c3)cc2)cc1.[Na+]. The van der Waals surface area contributed by atoms with Gasteiger partial charge in [0.15, 0.2) is 0 Å². The molecule has 0 fully saturated rings. The molecular formula is C42H34N6NaO10S2+. The van der Waals surface area contributed by atoms with E-state index in [0.717, 1.165) is 12.1 Å². The summed E-state index contributed by atoms with van der Waals surface area (Å²) < 4.78 is 69.7. The van der Waals surface area contributed by atoms with E-state index < -0.39 is 41.8 Å². The maximum atomic E-state index is 13.0. The Morgan fingerprint density at radius 3 is 1.11 bits per heavy atom. The Labute approximate surface area is 371 Å². The minimum atomic E-state index is -4.90. The van der Waals surface area contributed by atoms with E-state index in [1.807, 2.05) is 0 Å². The van der Waals surface area contributed by atoms with Gasteiger partial charge in [-0.25, -0.2) is 9.98 Å². The summed E-state index contributed by atoms with van der Waals surface area (Å²) in [5.41, 5.74) is 14.0. The zero-order valence-electron chi connectivity index (χ0n) is 32.0. The van der Waals surface area contributed by atoms with Crippen molar-refractivity contribution in [3.05, 3.63) is 167 Å². The second kappa shape index (κ2) is 19.2. The molecule has 0 saturated heterocycles. The zero-order valence-corrected chi connectivity index (χ0v) is 35.6. The standard InChI is InChI=1S/C42H34N6O10S2.Na/c43-31-13-3-27(4-14-31)39(49)45-33-17-9-29(10-18-33)41(51)47-35-21-7-25(37(23-35)59(53,54)55)1-2-26-8-22-36(24-38(26)60(56,57)58)48-42(52)30-11-19-34(20-12-30)46-40(50)28-5-15-32(44)16-6-28;/h1-24H,43-44H2,(H,45,49)(H,46,50)(H,47,51)(H,48,52)(H,53,54,55)(H,56,57,58);/q;+1/b2-1+;. The van der Waals surface area contributed by atoms with E-state index in [9.17, 15) is 45.7 Å². The first-order valence-corrected chi connectivity index (χ1v) is 20.3. The fraction of sp³-hybridized carbons (Fsp3) is 0. The number of carbonyl (C=O) groups excluding carboxylic acids is 2. The van der Waals surface area contributed by atoms with Crippen molar-refractivity contribution in [2.24, 2.45) is 9.98 Å². The number of hydrogen-bond acceptors (Lipinski definition) is 10. The van der Waals surface area contributed by atoms with Crippen LogP contribution in [0.5, 0.6) is 0 Å². The third kappa shape index (κ3) is 12.0. The van der Waals surface area contributed by atoms with Crippen LogP contribution in [0.15, 0.2) is 153 Å². The van der Waals surface area contributed by atoms with Gasteiger partial charge in [0.1, 0.15) is 9.79 Å². The molecule has 0 radical (unpaired) electrons. The number of aliphatic hydroxyl groups excluding tert-OH is 2. The van der Waals surface area contributed by atoms with E-state index in [-0.39, 0.29) is 75.0 Å². The van der Waals surface area contributed by atoms with Crippen molar-refractivity contribution in [3.63, 3.8) is 0 Å². The molecule has 0 atom stereocenters. The minimum absolute atomic E-state index is 0. The van der Waals surface area contributed by atoms with E-state index in [1.165, 1.54) is 84.9 Å². The summed E-state index contributed by atoms with van der Waals surface area (Å²) in [5, 5.41) is 25.7. The third-order valence-corrected chi connectivity index (χ3v) is 10.4. The smallest absolute Gasteiger partial charge is 0.493 e. The molecule has 10 N–H and O–H groups in total. The van der Waals surface area contributed by atoms with Crippen molar-refractivity contribution < 1.29 is 75.3 Å². The van der Waals surface area contributed by atoms with Gasteiger partial charge in [0.25, 0.3) is 32.1 Å². The molecule has 61 heavy (non-hydrogen) atoms. The fourth-order valence-corrected chi connectivity index (χ4v) is 6.96. The Morgan fingerprint density at radius 1 is 0.492 bits per heavy atom. The van der Waals surface area contributed by atoms with Crippen LogP contribution in [-0.2, 0) is 20.2 Å². The molecule has 0 saturated carbocycles. The van der Waals surface area contributed by atoms with Crippen LogP contribution < -0.4 is 51.7 Å². The van der Waals surface area contributed by atoms with E-state index in [0.29, 0.717) is 33.9 Å². The van der Waals surface area contributed by atoms with Crippen molar-refractivity contribution in [2.45, 2.75) is 9.79 Å². The number of nitrogens with two attached hydrogens (primary N) is 2. The second-order valence-electron chi connectivity index (χ2n) is 12.9. The fourth-order valence-electron chi connectivity index (χ4n) is 5.55. The molecular weight excluding hydrogens is 836 g/mol. The van der Waals surface area contributed by atoms with Crippen LogP contribution >= 0.6 is 0 Å². The molecule has 6 aromatic carbocycles. The monoisotopic (exact) mass is 869 g/mol. The van der Waals surface area contributed by atoms with Gasteiger partial charge in [0.05, 0.1) is 11.4 Å². The minimum Gasteiger partial charge on any atom is -0.493 e. The number of nitrogen functional groups attached to an aromatic ring is 2. The molecule has 0 spiro atoms. The van der Waals surface area contributed by atoms with Gasteiger partial charge in [-0.1, -0.05) is 24.3 Å². The number of aliphatic imine (C=N–C) groups is 2. The van der Waals surface area contributed by atoms with Crippen molar-refractivity contribution in [2.75, 3.05) is 22.1 Å². The Balaban J connectivity index is 0.00000704. The molecule has 0 bridgehead atoms. The molecule has 304 valence electrons. The maximum Gasteiger partial charge on any atom is 1.00 e. The van der Waals surface area contributed by atoms with Crippen molar-refractivity contribution in [1.82, 2.24) is 0 Å². The quantitative estimate of drug-likeness (QED) is 0.0214. The summed E-state index contributed by atoms with van der Waals surface area (Å²) in [5.74, 6) is -1.82. The van der Waals surface area contributed by atoms with Gasteiger partial charge in [-0.2, -0.15) is 16.8 Å². The van der Waals surface area contributed by atoms with Gasteiger partial charge in [-0.3, -0.25) is 18.7 Å². The average molecular weight is 870 g/mol. The molecule has 16 nitrogen and oxygen atoms in total. The van der Waals surface area contributed by atoms with Crippen LogP contribution in [0.1, 0.15) is 43.0 Å². The number of anilines is 4. The Hall–Kier alpha value is -6.64. The first-order chi connectivity index (χ1) is 28.4. The molecule has 2 amide bonds. The van der Waals surface area contributed by atoms with E-state index in [2.05, 4.69) is 20.6 Å². The maximum absolute atomic E-state index is 13.0. The number of rotatable bonds is 12. The molecule has 6 aromatic rings. The van der Waals surface area contributed by atoms with Gasteiger partial charge in [0, 0.05) is 45.0 Å². The number of benzene rings is 6. The van der Waals surface area contributed by atoms with E-state index in [1.54, 1.807) is 48.5 Å². The number of amides is 2. The number of hydrogen-bond donors (Lipinski definition) is 8. The van der Waals surface area contributed by atoms with Crippen LogP contribution in [0.4, 0.5) is 34.1 Å². The summed E-state index contributed by atoms with van der Waals surface area (Å²) in [6, 6.07) is 31.6. The largest absolute Gasteiger partial charge is 1.00 e. The van der Waals surface area contributed by atoms with Crippen LogP contribution in [0.3, 0.4) is 0 Å². The molecule has 6 rings (SSSR count). The van der Waals surface area contributed by atoms with Crippen LogP contribution in [0.25, 0.3) is 12.2 Å². The summed E-state index contributed by atoms with van der Waals surface area (Å²) in [4.78, 5) is 33.0. The predicted molar refractivity (Wildman–Crippen MR) is 230 cm³/mol. The third-order valence-electron chi connectivity index (χ3n) is 8.61. The van der Waals surface area contributed by atoms with E-state index >= 15 is 0 Å². The Kier molecular flexibility index (Phi) is 14.3. The van der Waals surface area contributed by atoms with Crippen molar-refractivity contribution in [1.29, 1.82) is 0 Å². The number of aliphatic hydroxyl groups is 2. The number of nitrogens with one attached hydrogen (secondary N) is 2. The molecule has 0 aliphatic rings. The molecule has 0 aromatic heterocycles. The van der Waals surface area contributed by atoms with Crippen molar-refractivity contribution in [3.8, 4) is 0 Å². The molecule has 19 heteroatoms. The summed E-state index contributed by atoms with van der Waals surface area (Å²) in [7, 11) is -9.80. The topological polar surface area (TPSA) is 284 Å². The molecule has 0 aliphatic carbocycles. The van der Waals surface area contributed by atoms with Crippen molar-refractivity contribution >= 4 is 90.1 Å². The van der Waals surface area contributed by atoms with Crippen LogP contribution in [0, 0.1) is 0 Å². The van der Waals surface area contributed by atoms with Crippen LogP contribution in [0.2, 0.25) is 0 Å². The normalized spacial score (nSPS) is 12.1. The predicted octanol–water partition coefficient (Wildman–Crippen LogP) is 4.30. The summed E-state index contributed by atoms with van der Waals surface area (Å²) >= 11 is 0. The summed E-state index contributed by atoms with van der Waals surface area (Å²) in [6.07, 6.45) is 2.34. The molecule has 0 aliphatic heterocycles. The van der Waals surface area contributed by atoms with E-state index in [4.69, 9.17) is 11.5 Å². The Morgan fingerprint density at radius 2 is 0.803 bits per heavy atom. The van der Waals surface area contributed by atoms with Gasteiger partial charge in [0.2, 0.25) is 11.8 Å². The van der Waals surface area contributed by atoms with Gasteiger partial charge >= 0.3 is 29.6 Å².